The summed E-state index contributed by atoms with van der Waals surface area (Å²) in [7, 11) is -3.72. The minimum atomic E-state index is -3.72. The van der Waals surface area contributed by atoms with Crippen molar-refractivity contribution < 1.29 is 17.7 Å². The number of nitrogens with one attached hydrogen (secondary N) is 1. The molecule has 0 amide bonds. The first kappa shape index (κ1) is 21.6. The Balaban J connectivity index is 1.47. The summed E-state index contributed by atoms with van der Waals surface area (Å²) in [6.07, 6.45) is 0.722. The number of aromatic nitrogens is 2. The fraction of sp³-hybridized carbons (Fsp3) is 0.364. The van der Waals surface area contributed by atoms with E-state index in [9.17, 15) is 8.42 Å². The molecule has 4 rings (SSSR count). The highest BCUT2D eigenvalue weighted by molar-refractivity contribution is 7.89. The second kappa shape index (κ2) is 9.69. The highest BCUT2D eigenvalue weighted by Gasteiger charge is 2.22. The van der Waals surface area contributed by atoms with Crippen molar-refractivity contribution in [1.29, 1.82) is 0 Å². The number of hydrogen-bond acceptors (Lipinski definition) is 7. The molecular formula is C22H26N4O4S. The molecule has 1 aliphatic heterocycles. The smallest absolute Gasteiger partial charge is 0.259 e. The number of benzene rings is 2. The molecule has 1 N–H and O–H groups in total. The number of rotatable bonds is 8. The van der Waals surface area contributed by atoms with Crippen molar-refractivity contribution in [3.8, 4) is 22.8 Å². The SMILES string of the molecule is Cc1ccc(-c2noc(-c3ccccc3S(=O)(=O)NCCCN3CCOCC3)n2)cc1. The van der Waals surface area contributed by atoms with Crippen LogP contribution in [-0.2, 0) is 14.8 Å². The summed E-state index contributed by atoms with van der Waals surface area (Å²) in [4.78, 5) is 6.82. The lowest BCUT2D eigenvalue weighted by Gasteiger charge is -2.26. The van der Waals surface area contributed by atoms with E-state index in [0.717, 1.165) is 50.4 Å². The van der Waals surface area contributed by atoms with Crippen LogP contribution >= 0.6 is 0 Å². The van der Waals surface area contributed by atoms with E-state index in [0.29, 0.717) is 17.9 Å². The number of hydrogen-bond donors (Lipinski definition) is 1. The molecule has 0 radical (unpaired) electrons. The van der Waals surface area contributed by atoms with Gasteiger partial charge in [0.25, 0.3) is 5.89 Å². The third-order valence-corrected chi connectivity index (χ3v) is 6.71. The molecule has 2 heterocycles. The average molecular weight is 443 g/mol. The second-order valence-electron chi connectivity index (χ2n) is 7.49. The molecule has 2 aromatic carbocycles. The van der Waals surface area contributed by atoms with Crippen LogP contribution in [0.25, 0.3) is 22.8 Å². The molecule has 1 aromatic heterocycles. The molecule has 0 spiro atoms. The van der Waals surface area contributed by atoms with Gasteiger partial charge in [0.15, 0.2) is 0 Å². The molecule has 8 nitrogen and oxygen atoms in total. The van der Waals surface area contributed by atoms with Gasteiger partial charge in [0.1, 0.15) is 0 Å². The van der Waals surface area contributed by atoms with Crippen molar-refractivity contribution in [2.45, 2.75) is 18.2 Å². The van der Waals surface area contributed by atoms with Gasteiger partial charge < -0.3 is 9.26 Å². The number of sulfonamides is 1. The van der Waals surface area contributed by atoms with E-state index in [1.54, 1.807) is 24.3 Å². The third kappa shape index (κ3) is 5.37. The largest absolute Gasteiger partial charge is 0.379 e. The van der Waals surface area contributed by atoms with E-state index in [-0.39, 0.29) is 10.8 Å². The maximum absolute atomic E-state index is 13.0. The first-order valence-electron chi connectivity index (χ1n) is 10.3. The predicted molar refractivity (Wildman–Crippen MR) is 117 cm³/mol. The van der Waals surface area contributed by atoms with Gasteiger partial charge in [-0.2, -0.15) is 4.98 Å². The van der Waals surface area contributed by atoms with E-state index in [4.69, 9.17) is 9.26 Å². The van der Waals surface area contributed by atoms with Gasteiger partial charge >= 0.3 is 0 Å². The quantitative estimate of drug-likeness (QED) is 0.536. The van der Waals surface area contributed by atoms with Gasteiger partial charge in [-0.15, -0.1) is 0 Å². The minimum absolute atomic E-state index is 0.125. The fourth-order valence-electron chi connectivity index (χ4n) is 3.44. The summed E-state index contributed by atoms with van der Waals surface area (Å²) in [6, 6.07) is 14.4. The zero-order valence-electron chi connectivity index (χ0n) is 17.5. The Hall–Kier alpha value is -2.59. The first-order chi connectivity index (χ1) is 15.0. The maximum atomic E-state index is 13.0. The van der Waals surface area contributed by atoms with Crippen LogP contribution in [0.2, 0.25) is 0 Å². The Morgan fingerprint density at radius 3 is 2.58 bits per heavy atom. The van der Waals surface area contributed by atoms with Crippen LogP contribution in [0.4, 0.5) is 0 Å². The maximum Gasteiger partial charge on any atom is 0.259 e. The van der Waals surface area contributed by atoms with E-state index in [1.807, 2.05) is 31.2 Å². The average Bonchev–Trinajstić information content (AvgIpc) is 3.28. The molecule has 0 unspecified atom stereocenters. The van der Waals surface area contributed by atoms with Crippen LogP contribution in [0.1, 0.15) is 12.0 Å². The Kier molecular flexibility index (Phi) is 6.77. The Labute approximate surface area is 182 Å². The van der Waals surface area contributed by atoms with Gasteiger partial charge in [-0.25, -0.2) is 13.1 Å². The standard InChI is InChI=1S/C22H26N4O4S/c1-17-7-9-18(10-8-17)21-24-22(30-25-21)19-5-2-3-6-20(19)31(27,28)23-11-4-12-26-13-15-29-16-14-26/h2-3,5-10,23H,4,11-16H2,1H3. The van der Waals surface area contributed by atoms with Crippen molar-refractivity contribution in [2.75, 3.05) is 39.4 Å². The number of nitrogens with zero attached hydrogens (tertiary/aromatic N) is 3. The molecule has 0 aliphatic carbocycles. The molecule has 31 heavy (non-hydrogen) atoms. The van der Waals surface area contributed by atoms with Crippen LogP contribution in [0.5, 0.6) is 0 Å². The fourth-order valence-corrected chi connectivity index (χ4v) is 4.71. The van der Waals surface area contributed by atoms with Crippen molar-refractivity contribution >= 4 is 10.0 Å². The molecule has 1 saturated heterocycles. The van der Waals surface area contributed by atoms with Crippen LogP contribution in [0.15, 0.2) is 57.9 Å². The molecule has 164 valence electrons. The van der Waals surface area contributed by atoms with Gasteiger partial charge in [0.05, 0.1) is 23.7 Å². The highest BCUT2D eigenvalue weighted by atomic mass is 32.2. The monoisotopic (exact) mass is 442 g/mol. The molecule has 0 bridgehead atoms. The van der Waals surface area contributed by atoms with Crippen LogP contribution in [-0.4, -0.2) is 62.9 Å². The van der Waals surface area contributed by atoms with Crippen molar-refractivity contribution in [1.82, 2.24) is 19.8 Å². The predicted octanol–water partition coefficient (Wildman–Crippen LogP) is 2.71. The number of ether oxygens (including phenoxy) is 1. The Bertz CT molecular complexity index is 1110. The molecular weight excluding hydrogens is 416 g/mol. The Morgan fingerprint density at radius 1 is 1.06 bits per heavy atom. The summed E-state index contributed by atoms with van der Waals surface area (Å²) in [5.41, 5.74) is 2.32. The zero-order valence-corrected chi connectivity index (χ0v) is 18.3. The molecule has 1 fully saturated rings. The summed E-state index contributed by atoms with van der Waals surface area (Å²) >= 11 is 0. The van der Waals surface area contributed by atoms with Gasteiger partial charge in [0.2, 0.25) is 15.8 Å². The van der Waals surface area contributed by atoms with Crippen molar-refractivity contribution in [3.05, 3.63) is 54.1 Å². The van der Waals surface area contributed by atoms with Gasteiger partial charge in [-0.3, -0.25) is 4.90 Å². The lowest BCUT2D eigenvalue weighted by Crippen LogP contribution is -2.38. The summed E-state index contributed by atoms with van der Waals surface area (Å²) in [6.45, 7) is 6.41. The summed E-state index contributed by atoms with van der Waals surface area (Å²) in [5.74, 6) is 0.588. The normalized spacial score (nSPS) is 15.3. The second-order valence-corrected chi connectivity index (χ2v) is 9.23. The topological polar surface area (TPSA) is 97.6 Å². The molecule has 9 heteroatoms. The third-order valence-electron chi connectivity index (χ3n) is 5.19. The lowest BCUT2D eigenvalue weighted by atomic mass is 10.1. The van der Waals surface area contributed by atoms with Crippen molar-refractivity contribution in [2.24, 2.45) is 0 Å². The summed E-state index contributed by atoms with van der Waals surface area (Å²) < 4.78 is 39.3. The van der Waals surface area contributed by atoms with Gasteiger partial charge in [0, 0.05) is 25.2 Å². The number of aryl methyl sites for hydroxylation is 1. The molecule has 1 aliphatic rings. The van der Waals surface area contributed by atoms with Crippen LogP contribution in [0.3, 0.4) is 0 Å². The highest BCUT2D eigenvalue weighted by Crippen LogP contribution is 2.28. The summed E-state index contributed by atoms with van der Waals surface area (Å²) in [5, 5.41) is 4.03. The van der Waals surface area contributed by atoms with Crippen LogP contribution < -0.4 is 4.72 Å². The first-order valence-corrected chi connectivity index (χ1v) is 11.8. The lowest BCUT2D eigenvalue weighted by molar-refractivity contribution is 0.0376. The van der Waals surface area contributed by atoms with Crippen molar-refractivity contribution in [3.63, 3.8) is 0 Å². The number of morpholine rings is 1. The van der Waals surface area contributed by atoms with E-state index >= 15 is 0 Å². The molecule has 3 aromatic rings. The minimum Gasteiger partial charge on any atom is -0.379 e. The van der Waals surface area contributed by atoms with E-state index in [2.05, 4.69) is 19.8 Å². The van der Waals surface area contributed by atoms with E-state index in [1.165, 1.54) is 0 Å². The molecule has 0 atom stereocenters. The van der Waals surface area contributed by atoms with Gasteiger partial charge in [-0.1, -0.05) is 47.1 Å². The van der Waals surface area contributed by atoms with Gasteiger partial charge in [-0.05, 0) is 32.0 Å². The Morgan fingerprint density at radius 2 is 1.81 bits per heavy atom. The van der Waals surface area contributed by atoms with Crippen LogP contribution in [0, 0.1) is 6.92 Å². The zero-order chi connectivity index (χ0) is 21.7. The van der Waals surface area contributed by atoms with E-state index < -0.39 is 10.0 Å². The molecule has 0 saturated carbocycles.